The van der Waals surface area contributed by atoms with Crippen molar-refractivity contribution in [3.63, 3.8) is 0 Å². The molecule has 0 aromatic heterocycles. The summed E-state index contributed by atoms with van der Waals surface area (Å²) in [6, 6.07) is 6.04. The van der Waals surface area contributed by atoms with E-state index in [-0.39, 0.29) is 10.8 Å². The topological polar surface area (TPSA) is 71.4 Å². The second-order valence-corrected chi connectivity index (χ2v) is 5.33. The molecule has 2 atom stereocenters. The van der Waals surface area contributed by atoms with Crippen LogP contribution in [0.15, 0.2) is 29.4 Å². The maximum atomic E-state index is 13.1. The number of ether oxygens (including phenoxy) is 2. The molecule has 6 nitrogen and oxygen atoms in total. The van der Waals surface area contributed by atoms with Gasteiger partial charge < -0.3 is 14.6 Å². The Labute approximate surface area is 140 Å². The fraction of sp³-hybridized carbons (Fsp3) is 0.467. The lowest BCUT2D eigenvalue weighted by Gasteiger charge is -2.31. The van der Waals surface area contributed by atoms with E-state index in [4.69, 9.17) is 9.47 Å². The molecule has 1 amide bonds. The fourth-order valence-corrected chi connectivity index (χ4v) is 2.20. The van der Waals surface area contributed by atoms with Gasteiger partial charge in [0.25, 0.3) is 18.8 Å². The van der Waals surface area contributed by atoms with Crippen molar-refractivity contribution < 1.29 is 36.9 Å². The van der Waals surface area contributed by atoms with E-state index in [0.717, 1.165) is 0 Å². The van der Waals surface area contributed by atoms with Crippen LogP contribution in [0.4, 0.5) is 17.6 Å². The van der Waals surface area contributed by atoms with Gasteiger partial charge in [-0.2, -0.15) is 10.1 Å². The molecule has 10 heteroatoms. The predicted molar refractivity (Wildman–Crippen MR) is 78.9 cm³/mol. The molecule has 1 aromatic carbocycles. The van der Waals surface area contributed by atoms with Crippen molar-refractivity contribution in [2.45, 2.75) is 38.0 Å². The van der Waals surface area contributed by atoms with Crippen LogP contribution < -0.4 is 9.47 Å². The monoisotopic (exact) mass is 364 g/mol. The zero-order valence-electron chi connectivity index (χ0n) is 13.3. The van der Waals surface area contributed by atoms with Gasteiger partial charge in [0.1, 0.15) is 17.2 Å². The van der Waals surface area contributed by atoms with E-state index in [1.54, 1.807) is 12.1 Å². The molecule has 0 fully saturated rings. The van der Waals surface area contributed by atoms with Crippen molar-refractivity contribution in [3.8, 4) is 11.5 Å². The van der Waals surface area contributed by atoms with E-state index in [9.17, 15) is 27.5 Å². The Morgan fingerprint density at radius 2 is 1.80 bits per heavy atom. The first kappa shape index (κ1) is 19.0. The molecule has 1 heterocycles. The van der Waals surface area contributed by atoms with E-state index in [1.807, 2.05) is 0 Å². The number of nitrogens with zero attached hydrogens (tertiary/aromatic N) is 2. The Kier molecular flexibility index (Phi) is 5.51. The summed E-state index contributed by atoms with van der Waals surface area (Å²) < 4.78 is 62.0. The van der Waals surface area contributed by atoms with Crippen LogP contribution in [0.3, 0.4) is 0 Å². The number of hydrogen-bond acceptors (Lipinski definition) is 5. The number of benzene rings is 1. The number of aliphatic hydroxyl groups is 1. The summed E-state index contributed by atoms with van der Waals surface area (Å²) in [5.41, 5.74) is -4.12. The number of halogens is 4. The number of hydrogen-bond donors (Lipinski definition) is 1. The van der Waals surface area contributed by atoms with E-state index >= 15 is 0 Å². The normalized spacial score (nSPS) is 21.5. The maximum Gasteiger partial charge on any atom is 0.287 e. The van der Waals surface area contributed by atoms with Crippen LogP contribution in [0.5, 0.6) is 11.5 Å². The number of amides is 1. The molecule has 25 heavy (non-hydrogen) atoms. The third-order valence-electron chi connectivity index (χ3n) is 3.57. The highest BCUT2D eigenvalue weighted by atomic mass is 19.3. The fourth-order valence-electron chi connectivity index (χ4n) is 2.20. The molecule has 138 valence electrons. The van der Waals surface area contributed by atoms with Crippen molar-refractivity contribution in [1.82, 2.24) is 5.01 Å². The van der Waals surface area contributed by atoms with Crippen molar-refractivity contribution in [1.29, 1.82) is 0 Å². The van der Waals surface area contributed by atoms with E-state index in [0.29, 0.717) is 5.75 Å². The summed E-state index contributed by atoms with van der Waals surface area (Å²) in [4.78, 5) is 12.3. The molecule has 0 spiro atoms. The SMILES string of the molecule is COc1ccc(O[C@@H](C)C(=O)N2N=C(C(F)F)C[C@]2(O)C(F)F)cc1. The molecule has 0 bridgehead atoms. The average Bonchev–Trinajstić information content (AvgIpc) is 2.94. The molecule has 2 rings (SSSR count). The van der Waals surface area contributed by atoms with Gasteiger partial charge in [-0.15, -0.1) is 0 Å². The number of carbonyl (C=O) groups is 1. The number of methoxy groups -OCH3 is 1. The molecular weight excluding hydrogens is 348 g/mol. The zero-order chi connectivity index (χ0) is 18.8. The molecule has 0 saturated carbocycles. The predicted octanol–water partition coefficient (Wildman–Crippen LogP) is 2.27. The van der Waals surface area contributed by atoms with Crippen LogP contribution in [0.25, 0.3) is 0 Å². The van der Waals surface area contributed by atoms with Crippen LogP contribution >= 0.6 is 0 Å². The minimum atomic E-state index is -3.48. The van der Waals surface area contributed by atoms with E-state index < -0.39 is 42.7 Å². The lowest BCUT2D eigenvalue weighted by Crippen LogP contribution is -2.54. The molecule has 1 N–H and O–H groups in total. The first-order chi connectivity index (χ1) is 11.7. The highest BCUT2D eigenvalue weighted by molar-refractivity contribution is 5.93. The molecule has 0 radical (unpaired) electrons. The molecule has 0 saturated heterocycles. The Morgan fingerprint density at radius 3 is 2.28 bits per heavy atom. The van der Waals surface area contributed by atoms with Crippen LogP contribution in [-0.4, -0.2) is 53.5 Å². The van der Waals surface area contributed by atoms with Gasteiger partial charge >= 0.3 is 0 Å². The largest absolute Gasteiger partial charge is 0.497 e. The molecule has 1 aromatic rings. The van der Waals surface area contributed by atoms with Gasteiger partial charge in [0.15, 0.2) is 6.10 Å². The van der Waals surface area contributed by atoms with Gasteiger partial charge in [-0.25, -0.2) is 17.6 Å². The maximum absolute atomic E-state index is 13.1. The standard InChI is InChI=1S/C15H16F4N2O4/c1-8(25-10-5-3-9(24-2)4-6-10)13(22)21-15(23,14(18)19)7-11(20-21)12(16)17/h3-6,8,12,14,23H,7H2,1-2H3/t8-,15-/m0/s1. The third-order valence-corrected chi connectivity index (χ3v) is 3.57. The van der Waals surface area contributed by atoms with Gasteiger partial charge in [0, 0.05) is 6.42 Å². The molecule has 1 aliphatic heterocycles. The van der Waals surface area contributed by atoms with Crippen molar-refractivity contribution in [2.24, 2.45) is 5.10 Å². The summed E-state index contributed by atoms with van der Waals surface area (Å²) >= 11 is 0. The summed E-state index contributed by atoms with van der Waals surface area (Å²) in [6.07, 6.45) is -9.13. The Hall–Kier alpha value is -2.36. The first-order valence-corrected chi connectivity index (χ1v) is 7.20. The minimum Gasteiger partial charge on any atom is -0.497 e. The van der Waals surface area contributed by atoms with Crippen LogP contribution in [-0.2, 0) is 4.79 Å². The number of carbonyl (C=O) groups excluding carboxylic acids is 1. The molecular formula is C15H16F4N2O4. The smallest absolute Gasteiger partial charge is 0.287 e. The van der Waals surface area contributed by atoms with Crippen LogP contribution in [0.1, 0.15) is 13.3 Å². The lowest BCUT2D eigenvalue weighted by atomic mass is 10.1. The van der Waals surface area contributed by atoms with Crippen LogP contribution in [0, 0.1) is 0 Å². The van der Waals surface area contributed by atoms with Crippen molar-refractivity contribution in [2.75, 3.05) is 7.11 Å². The van der Waals surface area contributed by atoms with Gasteiger partial charge in [-0.1, -0.05) is 0 Å². The van der Waals surface area contributed by atoms with Gasteiger partial charge in [-0.3, -0.25) is 4.79 Å². The first-order valence-electron chi connectivity index (χ1n) is 7.20. The van der Waals surface area contributed by atoms with Crippen LogP contribution in [0.2, 0.25) is 0 Å². The number of rotatable bonds is 6. The summed E-state index contributed by atoms with van der Waals surface area (Å²) in [5.74, 6) is -0.419. The van der Waals surface area contributed by atoms with Gasteiger partial charge in [-0.05, 0) is 31.2 Å². The highest BCUT2D eigenvalue weighted by Gasteiger charge is 2.54. The van der Waals surface area contributed by atoms with Crippen molar-refractivity contribution in [3.05, 3.63) is 24.3 Å². The molecule has 0 unspecified atom stereocenters. The summed E-state index contributed by atoms with van der Waals surface area (Å²) in [6.45, 7) is 1.23. The Balaban J connectivity index is 2.17. The second kappa shape index (κ2) is 7.26. The Bertz CT molecular complexity index is 653. The zero-order valence-corrected chi connectivity index (χ0v) is 13.3. The number of alkyl halides is 4. The molecule has 0 aliphatic carbocycles. The lowest BCUT2D eigenvalue weighted by molar-refractivity contribution is -0.196. The summed E-state index contributed by atoms with van der Waals surface area (Å²) in [5, 5.41) is 13.1. The highest BCUT2D eigenvalue weighted by Crippen LogP contribution is 2.34. The van der Waals surface area contributed by atoms with E-state index in [2.05, 4.69) is 5.10 Å². The van der Waals surface area contributed by atoms with E-state index in [1.165, 1.54) is 26.2 Å². The minimum absolute atomic E-state index is 0.0205. The Morgan fingerprint density at radius 1 is 1.24 bits per heavy atom. The van der Waals surface area contributed by atoms with Gasteiger partial charge in [0.2, 0.25) is 5.72 Å². The quantitative estimate of drug-likeness (QED) is 0.786. The summed E-state index contributed by atoms with van der Waals surface area (Å²) in [7, 11) is 1.46. The van der Waals surface area contributed by atoms with Gasteiger partial charge in [0.05, 0.1) is 7.11 Å². The average molecular weight is 364 g/mol. The molecule has 1 aliphatic rings. The second-order valence-electron chi connectivity index (χ2n) is 5.33. The third kappa shape index (κ3) is 3.84. The van der Waals surface area contributed by atoms with Crippen molar-refractivity contribution >= 4 is 11.6 Å². The number of hydrazone groups is 1.